The van der Waals surface area contributed by atoms with E-state index >= 15 is 0 Å². The van der Waals surface area contributed by atoms with Crippen LogP contribution < -0.4 is 0 Å². The molecule has 2 atom stereocenters. The number of amides is 2. The maximum Gasteiger partial charge on any atom is 0.259 e. The zero-order valence-electron chi connectivity index (χ0n) is 22.0. The van der Waals surface area contributed by atoms with Crippen molar-refractivity contribution in [3.63, 3.8) is 0 Å². The van der Waals surface area contributed by atoms with E-state index < -0.39 is 11.8 Å². The quantitative estimate of drug-likeness (QED) is 0.209. The molecule has 8 nitrogen and oxygen atoms in total. The Morgan fingerprint density at radius 2 is 1.03 bits per heavy atom. The number of rotatable bonds is 14. The monoisotopic (exact) mass is 494 g/mol. The number of nitrogens with zero attached hydrogens (tertiary/aromatic N) is 4. The van der Waals surface area contributed by atoms with Crippen LogP contribution in [0.3, 0.4) is 0 Å². The lowest BCUT2D eigenvalue weighted by Gasteiger charge is -2.15. The molecule has 0 spiro atoms. The summed E-state index contributed by atoms with van der Waals surface area (Å²) in [5, 5.41) is 11.5. The van der Waals surface area contributed by atoms with Gasteiger partial charge in [0.1, 0.15) is 11.8 Å². The second-order valence-electron chi connectivity index (χ2n) is 9.70. The average molecular weight is 495 g/mol. The lowest BCUT2D eigenvalue weighted by atomic mass is 9.90. The highest BCUT2D eigenvalue weighted by atomic mass is 16.2. The molecule has 1 aromatic carbocycles. The number of unbranched alkanes of at least 4 members (excludes halogenated alkanes) is 6. The summed E-state index contributed by atoms with van der Waals surface area (Å²) in [4.78, 5) is 51.9. The van der Waals surface area contributed by atoms with Crippen molar-refractivity contribution >= 4 is 34.8 Å². The Morgan fingerprint density at radius 1 is 0.667 bits per heavy atom. The van der Waals surface area contributed by atoms with Crippen molar-refractivity contribution in [3.05, 3.63) is 35.4 Å². The standard InChI is InChI=1S/C28H38N4O4/c1-5-7-9-11-17-31-27(35)23(19(3)29-31)25(33)21-13-15-22(16-14-21)26(34)24-20(4)30-32(28(24)36)18-12-10-8-6-2/h13-16,23-24H,5-12,17-18H2,1-4H3. The van der Waals surface area contributed by atoms with Crippen LogP contribution in [0.4, 0.5) is 0 Å². The van der Waals surface area contributed by atoms with E-state index in [9.17, 15) is 19.2 Å². The lowest BCUT2D eigenvalue weighted by Crippen LogP contribution is -2.34. The predicted molar refractivity (Wildman–Crippen MR) is 140 cm³/mol. The molecule has 2 unspecified atom stereocenters. The van der Waals surface area contributed by atoms with Crippen molar-refractivity contribution < 1.29 is 19.2 Å². The van der Waals surface area contributed by atoms with Crippen molar-refractivity contribution in [1.29, 1.82) is 0 Å². The molecule has 0 bridgehead atoms. The van der Waals surface area contributed by atoms with Gasteiger partial charge in [0.15, 0.2) is 11.6 Å². The van der Waals surface area contributed by atoms with Crippen LogP contribution in [0.25, 0.3) is 0 Å². The van der Waals surface area contributed by atoms with Crippen molar-refractivity contribution in [2.45, 2.75) is 79.1 Å². The Morgan fingerprint density at radius 3 is 1.36 bits per heavy atom. The third kappa shape index (κ3) is 6.15. The maximum atomic E-state index is 13.1. The Bertz CT molecular complexity index is 961. The smallest absolute Gasteiger partial charge is 0.259 e. The minimum Gasteiger partial charge on any atom is -0.293 e. The van der Waals surface area contributed by atoms with Gasteiger partial charge in [-0.2, -0.15) is 10.2 Å². The van der Waals surface area contributed by atoms with Crippen LogP contribution in [0.2, 0.25) is 0 Å². The SMILES string of the molecule is CCCCCCN1N=C(C)C(C(=O)c2ccc(C(=O)C3C(=O)N(CCCCCC)N=C3C)cc2)C1=O. The van der Waals surface area contributed by atoms with Gasteiger partial charge in [-0.1, -0.05) is 76.6 Å². The van der Waals surface area contributed by atoms with E-state index in [0.717, 1.165) is 51.4 Å². The number of hydrogen-bond acceptors (Lipinski definition) is 6. The van der Waals surface area contributed by atoms with Gasteiger partial charge in [-0.3, -0.25) is 19.2 Å². The third-order valence-electron chi connectivity index (χ3n) is 6.82. The molecule has 36 heavy (non-hydrogen) atoms. The summed E-state index contributed by atoms with van der Waals surface area (Å²) in [6, 6.07) is 6.20. The van der Waals surface area contributed by atoms with Gasteiger partial charge < -0.3 is 0 Å². The van der Waals surface area contributed by atoms with Crippen LogP contribution in [0.15, 0.2) is 34.5 Å². The van der Waals surface area contributed by atoms with Gasteiger partial charge in [0, 0.05) is 24.2 Å². The van der Waals surface area contributed by atoms with Crippen LogP contribution in [0, 0.1) is 11.8 Å². The molecule has 194 valence electrons. The van der Waals surface area contributed by atoms with Gasteiger partial charge in [-0.25, -0.2) is 10.0 Å². The molecule has 1 aromatic rings. The van der Waals surface area contributed by atoms with Crippen LogP contribution >= 0.6 is 0 Å². The highest BCUT2D eigenvalue weighted by Crippen LogP contribution is 2.24. The molecule has 8 heteroatoms. The van der Waals surface area contributed by atoms with E-state index in [1.807, 2.05) is 0 Å². The number of ketones is 2. The highest BCUT2D eigenvalue weighted by molar-refractivity contribution is 6.28. The summed E-state index contributed by atoms with van der Waals surface area (Å²) in [6.45, 7) is 8.68. The molecule has 2 heterocycles. The minimum atomic E-state index is -0.926. The fourth-order valence-electron chi connectivity index (χ4n) is 4.68. The van der Waals surface area contributed by atoms with Gasteiger partial charge >= 0.3 is 0 Å². The van der Waals surface area contributed by atoms with Crippen molar-refractivity contribution in [2.75, 3.05) is 13.1 Å². The average Bonchev–Trinajstić information content (AvgIpc) is 3.31. The van der Waals surface area contributed by atoms with E-state index in [-0.39, 0.29) is 23.4 Å². The molecule has 0 fully saturated rings. The molecule has 3 rings (SSSR count). The van der Waals surface area contributed by atoms with E-state index in [2.05, 4.69) is 24.1 Å². The van der Waals surface area contributed by atoms with E-state index in [1.54, 1.807) is 38.1 Å². The fraction of sp³-hybridized carbons (Fsp3) is 0.571. The number of benzene rings is 1. The molecule has 2 aliphatic rings. The molecule has 0 aliphatic carbocycles. The maximum absolute atomic E-state index is 13.1. The molecule has 0 N–H and O–H groups in total. The van der Waals surface area contributed by atoms with Crippen molar-refractivity contribution in [1.82, 2.24) is 10.0 Å². The summed E-state index contributed by atoms with van der Waals surface area (Å²) in [5.41, 5.74) is 1.66. The minimum absolute atomic E-state index is 0.295. The van der Waals surface area contributed by atoms with E-state index in [4.69, 9.17) is 0 Å². The molecular weight excluding hydrogens is 456 g/mol. The molecular formula is C28H38N4O4. The van der Waals surface area contributed by atoms with Crippen molar-refractivity contribution in [2.24, 2.45) is 22.0 Å². The summed E-state index contributed by atoms with van der Waals surface area (Å²) >= 11 is 0. The first-order valence-electron chi connectivity index (χ1n) is 13.2. The summed E-state index contributed by atoms with van der Waals surface area (Å²) in [5.74, 6) is -3.10. The molecule has 0 aromatic heterocycles. The number of hydrazone groups is 2. The summed E-state index contributed by atoms with van der Waals surface area (Å²) in [6.07, 6.45) is 8.17. The van der Waals surface area contributed by atoms with Crippen LogP contribution in [-0.2, 0) is 9.59 Å². The van der Waals surface area contributed by atoms with Gasteiger partial charge in [0.2, 0.25) is 0 Å². The second kappa shape index (κ2) is 12.7. The Balaban J connectivity index is 1.62. The van der Waals surface area contributed by atoms with Gasteiger partial charge in [-0.05, 0) is 26.7 Å². The summed E-state index contributed by atoms with van der Waals surface area (Å²) < 4.78 is 0. The Kier molecular flexibility index (Phi) is 9.67. The lowest BCUT2D eigenvalue weighted by molar-refractivity contribution is -0.131. The number of carbonyl (C=O) groups is 4. The Hall–Kier alpha value is -3.16. The van der Waals surface area contributed by atoms with Gasteiger partial charge in [0.05, 0.1) is 11.4 Å². The topological polar surface area (TPSA) is 99.5 Å². The largest absolute Gasteiger partial charge is 0.293 e. The van der Waals surface area contributed by atoms with Crippen LogP contribution in [0.1, 0.15) is 99.8 Å². The predicted octanol–water partition coefficient (Wildman–Crippen LogP) is 4.88. The normalized spacial score (nSPS) is 19.7. The first-order chi connectivity index (χ1) is 17.3. The number of hydrogen-bond donors (Lipinski definition) is 0. The highest BCUT2D eigenvalue weighted by Gasteiger charge is 2.40. The molecule has 2 amide bonds. The fourth-order valence-corrected chi connectivity index (χ4v) is 4.68. The Labute approximate surface area is 213 Å². The van der Waals surface area contributed by atoms with Crippen molar-refractivity contribution in [3.8, 4) is 0 Å². The zero-order chi connectivity index (χ0) is 26.2. The molecule has 0 saturated carbocycles. The first kappa shape index (κ1) is 27.4. The molecule has 0 saturated heterocycles. The molecule has 2 aliphatic heterocycles. The second-order valence-corrected chi connectivity index (χ2v) is 9.70. The summed E-state index contributed by atoms with van der Waals surface area (Å²) in [7, 11) is 0. The third-order valence-corrected chi connectivity index (χ3v) is 6.82. The van der Waals surface area contributed by atoms with Crippen LogP contribution in [-0.4, -0.2) is 57.9 Å². The zero-order valence-corrected chi connectivity index (χ0v) is 22.0. The van der Waals surface area contributed by atoms with E-state index in [1.165, 1.54) is 10.0 Å². The molecule has 0 radical (unpaired) electrons. The van der Waals surface area contributed by atoms with Gasteiger partial charge in [-0.15, -0.1) is 0 Å². The van der Waals surface area contributed by atoms with Crippen LogP contribution in [0.5, 0.6) is 0 Å². The van der Waals surface area contributed by atoms with Gasteiger partial charge in [0.25, 0.3) is 11.8 Å². The number of carbonyl (C=O) groups excluding carboxylic acids is 4. The van der Waals surface area contributed by atoms with E-state index in [0.29, 0.717) is 35.6 Å². The number of Topliss-reactive ketones (excluding diaryl/α,β-unsaturated/α-hetero) is 2. The first-order valence-corrected chi connectivity index (χ1v) is 13.2.